The molecule has 1 fully saturated rings. The van der Waals surface area contributed by atoms with Crippen LogP contribution < -0.4 is 4.74 Å². The van der Waals surface area contributed by atoms with Gasteiger partial charge in [0.15, 0.2) is 6.10 Å². The van der Waals surface area contributed by atoms with Gasteiger partial charge < -0.3 is 9.64 Å². The molecule has 1 aliphatic rings. The van der Waals surface area contributed by atoms with Gasteiger partial charge in [0.25, 0.3) is 5.91 Å². The van der Waals surface area contributed by atoms with Crippen LogP contribution in [0.25, 0.3) is 0 Å². The molecule has 4 nitrogen and oxygen atoms in total. The van der Waals surface area contributed by atoms with Gasteiger partial charge in [-0.2, -0.15) is 0 Å². The number of benzene rings is 2. The van der Waals surface area contributed by atoms with Crippen LogP contribution in [0.4, 0.5) is 4.39 Å². The second kappa shape index (κ2) is 8.81. The molecular formula is C21H25FN2O2. The first-order chi connectivity index (χ1) is 12.7. The molecule has 0 spiro atoms. The average Bonchev–Trinajstić information content (AvgIpc) is 2.68. The van der Waals surface area contributed by atoms with E-state index < -0.39 is 6.10 Å². The Morgan fingerprint density at radius 2 is 1.69 bits per heavy atom. The van der Waals surface area contributed by atoms with Crippen LogP contribution in [0.2, 0.25) is 0 Å². The van der Waals surface area contributed by atoms with Crippen LogP contribution in [0.1, 0.15) is 18.9 Å². The van der Waals surface area contributed by atoms with Crippen LogP contribution in [-0.2, 0) is 11.3 Å². The van der Waals surface area contributed by atoms with E-state index in [9.17, 15) is 9.18 Å². The van der Waals surface area contributed by atoms with E-state index in [0.29, 0.717) is 25.3 Å². The summed E-state index contributed by atoms with van der Waals surface area (Å²) in [6.45, 7) is 5.95. The summed E-state index contributed by atoms with van der Waals surface area (Å²) in [5.74, 6) is 0.219. The third-order valence-corrected chi connectivity index (χ3v) is 4.67. The van der Waals surface area contributed by atoms with Gasteiger partial charge in [0.1, 0.15) is 11.6 Å². The standard InChI is InChI=1S/C21H25FN2O2/c1-2-20(26-19-10-8-18(22)9-11-19)21(25)24-14-12-23(13-15-24)16-17-6-4-3-5-7-17/h3-11,20H,2,12-16H2,1H3. The lowest BCUT2D eigenvalue weighted by Crippen LogP contribution is -2.52. The van der Waals surface area contributed by atoms with Crippen molar-refractivity contribution in [3.05, 3.63) is 66.0 Å². The number of halogens is 1. The second-order valence-electron chi connectivity index (χ2n) is 6.56. The lowest BCUT2D eigenvalue weighted by Gasteiger charge is -2.36. The Bertz CT molecular complexity index is 698. The van der Waals surface area contributed by atoms with Crippen LogP contribution in [0.15, 0.2) is 54.6 Å². The van der Waals surface area contributed by atoms with Gasteiger partial charge in [-0.25, -0.2) is 4.39 Å². The minimum Gasteiger partial charge on any atom is -0.481 e. The molecule has 0 aliphatic carbocycles. The molecule has 138 valence electrons. The highest BCUT2D eigenvalue weighted by molar-refractivity contribution is 5.81. The van der Waals surface area contributed by atoms with Crippen molar-refractivity contribution >= 4 is 5.91 Å². The van der Waals surface area contributed by atoms with Crippen molar-refractivity contribution in [3.8, 4) is 5.75 Å². The number of piperazine rings is 1. The molecule has 3 rings (SSSR count). The first-order valence-corrected chi connectivity index (χ1v) is 9.13. The Balaban J connectivity index is 1.52. The Labute approximate surface area is 154 Å². The maximum Gasteiger partial charge on any atom is 0.263 e. The fraction of sp³-hybridized carbons (Fsp3) is 0.381. The third-order valence-electron chi connectivity index (χ3n) is 4.67. The fourth-order valence-corrected chi connectivity index (χ4v) is 3.16. The van der Waals surface area contributed by atoms with Crippen LogP contribution in [-0.4, -0.2) is 48.0 Å². The van der Waals surface area contributed by atoms with E-state index in [1.165, 1.54) is 17.7 Å². The lowest BCUT2D eigenvalue weighted by atomic mass is 10.1. The van der Waals surface area contributed by atoms with Gasteiger partial charge in [-0.1, -0.05) is 37.3 Å². The minimum absolute atomic E-state index is 0.0104. The summed E-state index contributed by atoms with van der Waals surface area (Å²) >= 11 is 0. The lowest BCUT2D eigenvalue weighted by molar-refractivity contribution is -0.140. The quantitative estimate of drug-likeness (QED) is 0.796. The summed E-state index contributed by atoms with van der Waals surface area (Å²) < 4.78 is 18.8. The molecule has 1 amide bonds. The highest BCUT2D eigenvalue weighted by atomic mass is 19.1. The summed E-state index contributed by atoms with van der Waals surface area (Å²) in [4.78, 5) is 17.0. The molecule has 2 aromatic carbocycles. The Morgan fingerprint density at radius 3 is 2.31 bits per heavy atom. The topological polar surface area (TPSA) is 32.8 Å². The zero-order valence-corrected chi connectivity index (χ0v) is 15.1. The fourth-order valence-electron chi connectivity index (χ4n) is 3.16. The zero-order chi connectivity index (χ0) is 18.4. The molecule has 0 N–H and O–H groups in total. The van der Waals surface area contributed by atoms with Crippen LogP contribution in [0.5, 0.6) is 5.75 Å². The molecule has 2 aromatic rings. The van der Waals surface area contributed by atoms with Crippen molar-refractivity contribution in [2.45, 2.75) is 26.0 Å². The van der Waals surface area contributed by atoms with Gasteiger partial charge in [0, 0.05) is 32.7 Å². The summed E-state index contributed by atoms with van der Waals surface area (Å²) in [7, 11) is 0. The first-order valence-electron chi connectivity index (χ1n) is 9.13. The van der Waals surface area contributed by atoms with Gasteiger partial charge in [0.05, 0.1) is 0 Å². The smallest absolute Gasteiger partial charge is 0.263 e. The Morgan fingerprint density at radius 1 is 1.04 bits per heavy atom. The van der Waals surface area contributed by atoms with Crippen LogP contribution in [0.3, 0.4) is 0 Å². The molecule has 0 radical (unpaired) electrons. The van der Waals surface area contributed by atoms with Crippen molar-refractivity contribution in [1.29, 1.82) is 0 Å². The molecule has 1 aliphatic heterocycles. The number of hydrogen-bond donors (Lipinski definition) is 0. The number of hydrogen-bond acceptors (Lipinski definition) is 3. The summed E-state index contributed by atoms with van der Waals surface area (Å²) in [5, 5.41) is 0. The van der Waals surface area contributed by atoms with Gasteiger partial charge >= 0.3 is 0 Å². The minimum atomic E-state index is -0.527. The summed E-state index contributed by atoms with van der Waals surface area (Å²) in [6, 6.07) is 16.2. The van der Waals surface area contributed by atoms with Gasteiger partial charge in [-0.05, 0) is 36.2 Å². The van der Waals surface area contributed by atoms with Crippen molar-refractivity contribution < 1.29 is 13.9 Å². The average molecular weight is 356 g/mol. The number of rotatable bonds is 6. The number of ether oxygens (including phenoxy) is 1. The van der Waals surface area contributed by atoms with E-state index in [0.717, 1.165) is 19.6 Å². The van der Waals surface area contributed by atoms with E-state index in [2.05, 4.69) is 17.0 Å². The Kier molecular flexibility index (Phi) is 6.23. The molecule has 0 aromatic heterocycles. The van der Waals surface area contributed by atoms with Crippen molar-refractivity contribution in [2.75, 3.05) is 26.2 Å². The van der Waals surface area contributed by atoms with Gasteiger partial charge in [-0.3, -0.25) is 9.69 Å². The molecule has 1 unspecified atom stereocenters. The largest absolute Gasteiger partial charge is 0.481 e. The maximum atomic E-state index is 13.0. The van der Waals surface area contributed by atoms with Gasteiger partial charge in [-0.15, -0.1) is 0 Å². The molecule has 1 atom stereocenters. The summed E-state index contributed by atoms with van der Waals surface area (Å²) in [6.07, 6.45) is 0.0570. The predicted molar refractivity (Wildman–Crippen MR) is 99.4 cm³/mol. The predicted octanol–water partition coefficient (Wildman–Crippen LogP) is 3.33. The molecule has 1 heterocycles. The van der Waals surface area contributed by atoms with E-state index in [-0.39, 0.29) is 11.7 Å². The molecule has 26 heavy (non-hydrogen) atoms. The number of carbonyl (C=O) groups is 1. The van der Waals surface area contributed by atoms with E-state index in [1.807, 2.05) is 30.0 Å². The highest BCUT2D eigenvalue weighted by Crippen LogP contribution is 2.17. The van der Waals surface area contributed by atoms with Gasteiger partial charge in [0.2, 0.25) is 0 Å². The highest BCUT2D eigenvalue weighted by Gasteiger charge is 2.27. The zero-order valence-electron chi connectivity index (χ0n) is 15.1. The third kappa shape index (κ3) is 4.82. The van der Waals surface area contributed by atoms with Crippen LogP contribution >= 0.6 is 0 Å². The molecular weight excluding hydrogens is 331 g/mol. The molecule has 0 bridgehead atoms. The van der Waals surface area contributed by atoms with Crippen molar-refractivity contribution in [3.63, 3.8) is 0 Å². The first kappa shape index (κ1) is 18.4. The Hall–Kier alpha value is -2.40. The van der Waals surface area contributed by atoms with E-state index >= 15 is 0 Å². The number of amides is 1. The maximum absolute atomic E-state index is 13.0. The normalized spacial score (nSPS) is 16.3. The van der Waals surface area contributed by atoms with Crippen LogP contribution in [0, 0.1) is 5.82 Å². The number of carbonyl (C=O) groups excluding carboxylic acids is 1. The second-order valence-corrected chi connectivity index (χ2v) is 6.56. The van der Waals surface area contributed by atoms with E-state index in [4.69, 9.17) is 4.74 Å². The van der Waals surface area contributed by atoms with E-state index in [1.54, 1.807) is 12.1 Å². The number of nitrogens with zero attached hydrogens (tertiary/aromatic N) is 2. The SMILES string of the molecule is CCC(Oc1ccc(F)cc1)C(=O)N1CCN(Cc2ccccc2)CC1. The molecule has 5 heteroatoms. The van der Waals surface area contributed by atoms with Crippen molar-refractivity contribution in [1.82, 2.24) is 9.80 Å². The molecule has 1 saturated heterocycles. The van der Waals surface area contributed by atoms with Crippen molar-refractivity contribution in [2.24, 2.45) is 0 Å². The molecule has 0 saturated carbocycles. The monoisotopic (exact) mass is 356 g/mol. The summed E-state index contributed by atoms with van der Waals surface area (Å²) in [5.41, 5.74) is 1.29.